The van der Waals surface area contributed by atoms with Crippen LogP contribution >= 0.6 is 0 Å². The Morgan fingerprint density at radius 2 is 2.00 bits per heavy atom. The smallest absolute Gasteiger partial charge is 0.320 e. The van der Waals surface area contributed by atoms with Crippen LogP contribution in [0.4, 0.5) is 0 Å². The molecule has 0 saturated carbocycles. The molecule has 0 fully saturated rings. The molecule has 5 heteroatoms. The minimum atomic E-state index is -0.933. The average molecular weight is 219 g/mol. The molecule has 0 aliphatic rings. The number of carboxylic acids is 1. The maximum atomic E-state index is 10.1. The van der Waals surface area contributed by atoms with Gasteiger partial charge in [0.2, 0.25) is 0 Å². The first-order valence-corrected chi connectivity index (χ1v) is 3.37. The van der Waals surface area contributed by atoms with E-state index in [0.29, 0.717) is 13.0 Å². The zero-order chi connectivity index (χ0) is 7.98. The second kappa shape index (κ2) is 8.03. The molecule has 0 aliphatic heterocycles. The maximum Gasteiger partial charge on any atom is 0.320 e. The summed E-state index contributed by atoms with van der Waals surface area (Å²) in [6.07, 6.45) is 2.16. The largest absolute Gasteiger partial charge is 0.480 e. The summed E-state index contributed by atoms with van der Waals surface area (Å²) in [6.45, 7) is 0.604. The van der Waals surface area contributed by atoms with Gasteiger partial charge in [-0.1, -0.05) is 6.42 Å². The normalized spacial score (nSPS) is 11.8. The number of aliphatic carboxylic acids is 1. The Bertz CT molecular complexity index is 111. The van der Waals surface area contributed by atoms with Crippen molar-refractivity contribution < 1.29 is 9.90 Å². The van der Waals surface area contributed by atoms with Crippen LogP contribution in [0.3, 0.4) is 0 Å². The maximum absolute atomic E-state index is 10.1. The Morgan fingerprint density at radius 3 is 2.36 bits per heavy atom. The average Bonchev–Trinajstić information content (AvgIpc) is 1.88. The molecule has 4 radical (unpaired) electrons. The number of carbonyl (C=O) groups is 1. The molecule has 0 saturated heterocycles. The van der Waals surface area contributed by atoms with E-state index in [1.165, 1.54) is 0 Å². The molecule has 0 rings (SSSR count). The van der Waals surface area contributed by atoms with Gasteiger partial charge in [0.05, 0.1) is 0 Å². The van der Waals surface area contributed by atoms with Crippen molar-refractivity contribution in [2.24, 2.45) is 11.5 Å². The third kappa shape index (κ3) is 7.83. The van der Waals surface area contributed by atoms with Crippen LogP contribution in [-0.4, -0.2) is 41.3 Å². The van der Waals surface area contributed by atoms with Crippen molar-refractivity contribution in [3.63, 3.8) is 0 Å². The van der Waals surface area contributed by atoms with Gasteiger partial charge in [-0.3, -0.25) is 4.79 Å². The number of carboxylic acid groups (broad SMARTS) is 1. The molecule has 0 aromatic rings. The quantitative estimate of drug-likeness (QED) is 0.414. The van der Waals surface area contributed by atoms with Crippen molar-refractivity contribution >= 4 is 23.6 Å². The number of hydrogen-bond donors (Lipinski definition) is 3. The molecule has 0 aliphatic carbocycles. The van der Waals surface area contributed by atoms with Gasteiger partial charge in [0.15, 0.2) is 0 Å². The molecule has 0 unspecified atom stereocenters. The molecule has 5 N–H and O–H groups in total. The molecule has 11 heavy (non-hydrogen) atoms. The van der Waals surface area contributed by atoms with E-state index < -0.39 is 12.0 Å². The molecule has 0 aromatic carbocycles. The first-order chi connectivity index (χ1) is 4.68. The van der Waals surface area contributed by atoms with Crippen molar-refractivity contribution in [2.75, 3.05) is 6.54 Å². The van der Waals surface area contributed by atoms with E-state index in [2.05, 4.69) is 0 Å². The SMILES string of the molecule is NCCCC[C@H](N)C(=O)O.[Ge]. The van der Waals surface area contributed by atoms with E-state index >= 15 is 0 Å². The molecular weight excluding hydrogens is 205 g/mol. The fraction of sp³-hybridized carbons (Fsp3) is 0.833. The summed E-state index contributed by atoms with van der Waals surface area (Å²) in [6, 6.07) is -0.716. The number of unbranched alkanes of at least 4 members (excludes halogenated alkanes) is 1. The van der Waals surface area contributed by atoms with E-state index in [1.807, 2.05) is 0 Å². The van der Waals surface area contributed by atoms with E-state index in [4.69, 9.17) is 16.6 Å². The predicted octanol–water partition coefficient (Wildman–Crippen LogP) is -0.853. The van der Waals surface area contributed by atoms with Crippen molar-refractivity contribution in [1.29, 1.82) is 0 Å². The Balaban J connectivity index is 0. The number of hydrogen-bond acceptors (Lipinski definition) is 3. The zero-order valence-corrected chi connectivity index (χ0v) is 8.51. The molecule has 1 atom stereocenters. The van der Waals surface area contributed by atoms with Crippen LogP contribution in [0.2, 0.25) is 0 Å². The van der Waals surface area contributed by atoms with Crippen LogP contribution < -0.4 is 11.5 Å². The van der Waals surface area contributed by atoms with Crippen LogP contribution in [0.25, 0.3) is 0 Å². The van der Waals surface area contributed by atoms with Gasteiger partial charge in [0, 0.05) is 17.6 Å². The van der Waals surface area contributed by atoms with Crippen molar-refractivity contribution in [3.05, 3.63) is 0 Å². The van der Waals surface area contributed by atoms with Gasteiger partial charge in [-0.05, 0) is 19.4 Å². The summed E-state index contributed by atoms with van der Waals surface area (Å²) in [5.41, 5.74) is 10.4. The topological polar surface area (TPSA) is 89.3 Å². The third-order valence-corrected chi connectivity index (χ3v) is 1.29. The zero-order valence-electron chi connectivity index (χ0n) is 6.42. The Kier molecular flexibility index (Phi) is 9.87. The van der Waals surface area contributed by atoms with Crippen molar-refractivity contribution in [1.82, 2.24) is 0 Å². The predicted molar refractivity (Wildman–Crippen MR) is 44.3 cm³/mol. The Labute approximate surface area is 77.3 Å². The van der Waals surface area contributed by atoms with Crippen LogP contribution in [0, 0.1) is 0 Å². The minimum Gasteiger partial charge on any atom is -0.480 e. The van der Waals surface area contributed by atoms with Crippen LogP contribution in [0.15, 0.2) is 0 Å². The van der Waals surface area contributed by atoms with E-state index in [9.17, 15) is 4.79 Å². The number of nitrogens with two attached hydrogens (primary N) is 2. The summed E-state index contributed by atoms with van der Waals surface area (Å²) in [7, 11) is 0. The minimum absolute atomic E-state index is 0. The van der Waals surface area contributed by atoms with Crippen LogP contribution in [0.1, 0.15) is 19.3 Å². The molecule has 0 amide bonds. The van der Waals surface area contributed by atoms with E-state index in [-0.39, 0.29) is 17.6 Å². The van der Waals surface area contributed by atoms with Gasteiger partial charge in [-0.15, -0.1) is 0 Å². The fourth-order valence-corrected chi connectivity index (χ4v) is 0.632. The summed E-state index contributed by atoms with van der Waals surface area (Å²) < 4.78 is 0. The second-order valence-electron chi connectivity index (χ2n) is 2.23. The van der Waals surface area contributed by atoms with Gasteiger partial charge < -0.3 is 16.6 Å². The molecule has 4 nitrogen and oxygen atoms in total. The van der Waals surface area contributed by atoms with Gasteiger partial charge in [-0.25, -0.2) is 0 Å². The summed E-state index contributed by atoms with van der Waals surface area (Å²) in [4.78, 5) is 10.1. The van der Waals surface area contributed by atoms with E-state index in [0.717, 1.165) is 12.8 Å². The van der Waals surface area contributed by atoms with Crippen molar-refractivity contribution in [2.45, 2.75) is 25.3 Å². The summed E-state index contributed by atoms with van der Waals surface area (Å²) in [5, 5.41) is 8.33. The van der Waals surface area contributed by atoms with Gasteiger partial charge in [0.1, 0.15) is 6.04 Å². The second-order valence-corrected chi connectivity index (χ2v) is 2.23. The standard InChI is InChI=1S/C6H14N2O2.Ge/c7-4-2-1-3-5(8)6(9)10;/h5H,1-4,7-8H2,(H,9,10);/t5-;/m0./s1. The molecule has 0 bridgehead atoms. The first kappa shape index (κ1) is 13.5. The summed E-state index contributed by atoms with van der Waals surface area (Å²) >= 11 is 0. The monoisotopic (exact) mass is 220 g/mol. The molecule has 0 spiro atoms. The van der Waals surface area contributed by atoms with Gasteiger partial charge in [-0.2, -0.15) is 0 Å². The first-order valence-electron chi connectivity index (χ1n) is 3.37. The van der Waals surface area contributed by atoms with Crippen LogP contribution in [-0.2, 0) is 4.79 Å². The Hall–Kier alpha value is -0.0671. The fourth-order valence-electron chi connectivity index (χ4n) is 0.632. The molecule has 64 valence electrons. The summed E-state index contributed by atoms with van der Waals surface area (Å²) in [5.74, 6) is -0.933. The molecule has 0 heterocycles. The van der Waals surface area contributed by atoms with Gasteiger partial charge >= 0.3 is 5.97 Å². The molecular formula is C6H14GeN2O2. The van der Waals surface area contributed by atoms with Crippen LogP contribution in [0.5, 0.6) is 0 Å². The Morgan fingerprint density at radius 1 is 1.45 bits per heavy atom. The van der Waals surface area contributed by atoms with Gasteiger partial charge in [0.25, 0.3) is 0 Å². The number of rotatable bonds is 5. The van der Waals surface area contributed by atoms with E-state index in [1.54, 1.807) is 0 Å². The molecule has 0 aromatic heterocycles. The third-order valence-electron chi connectivity index (χ3n) is 1.29. The van der Waals surface area contributed by atoms with Crippen molar-refractivity contribution in [3.8, 4) is 0 Å².